The number of esters is 1. The van der Waals surface area contributed by atoms with E-state index in [-0.39, 0.29) is 52.4 Å². The molecule has 13 heteroatoms. The second-order valence-electron chi connectivity index (χ2n) is 13.0. The summed E-state index contributed by atoms with van der Waals surface area (Å²) < 4.78 is 34.9. The molecule has 1 aromatic heterocycles. The Morgan fingerprint density at radius 3 is 2.47 bits per heavy atom. The van der Waals surface area contributed by atoms with Gasteiger partial charge < -0.3 is 24.0 Å². The molecule has 0 aliphatic carbocycles. The number of carbonyl (C=O) groups is 2. The molecule has 4 aliphatic heterocycles. The average molecular weight is 707 g/mol. The molecule has 0 saturated carbocycles. The Hall–Kier alpha value is -4.16. The van der Waals surface area contributed by atoms with Gasteiger partial charge in [0.1, 0.15) is 11.6 Å². The number of rotatable bonds is 5. The van der Waals surface area contributed by atoms with E-state index in [0.29, 0.717) is 41.3 Å². The Balaban J connectivity index is 1.09. The predicted octanol–water partition coefficient (Wildman–Crippen LogP) is 6.25. The Labute approximate surface area is 292 Å². The van der Waals surface area contributed by atoms with Crippen molar-refractivity contribution in [2.75, 3.05) is 45.5 Å². The van der Waals surface area contributed by atoms with Crippen LogP contribution < -0.4 is 9.64 Å². The molecule has 1 amide bonds. The highest BCUT2D eigenvalue weighted by molar-refractivity contribution is 6.40. The summed E-state index contributed by atoms with van der Waals surface area (Å²) in [7, 11) is 3.35. The van der Waals surface area contributed by atoms with Crippen molar-refractivity contribution >= 4 is 40.8 Å². The van der Waals surface area contributed by atoms with Gasteiger partial charge in [-0.1, -0.05) is 41.4 Å². The number of likely N-dealkylation sites (N-methyl/N-ethyl adjacent to an activating group) is 1. The Morgan fingerprint density at radius 1 is 0.980 bits per heavy atom. The number of amides is 1. The summed E-state index contributed by atoms with van der Waals surface area (Å²) in [6.45, 7) is 3.63. The maximum absolute atomic E-state index is 15.9. The molecule has 4 aliphatic rings. The minimum absolute atomic E-state index is 0.0843. The molecular weight excluding hydrogens is 672 g/mol. The molecule has 2 saturated heterocycles. The van der Waals surface area contributed by atoms with E-state index < -0.39 is 11.8 Å². The van der Waals surface area contributed by atoms with Gasteiger partial charge in [0.15, 0.2) is 6.73 Å². The van der Waals surface area contributed by atoms with Crippen LogP contribution in [0.25, 0.3) is 22.3 Å². The SMILES string of the molecule is COC(=O)c1cc(F)c(-c2cccc3c2OCN(C(=O)c2c(Cl)cc(-c4cnn5c4CN(C)CC5)cc2Cl)C3)cc1N1C2CCC1COC2. The van der Waals surface area contributed by atoms with Crippen LogP contribution in [0.15, 0.2) is 48.7 Å². The summed E-state index contributed by atoms with van der Waals surface area (Å²) >= 11 is 13.5. The number of hydrogen-bond acceptors (Lipinski definition) is 8. The van der Waals surface area contributed by atoms with Gasteiger partial charge in [0.05, 0.1) is 84.2 Å². The topological polar surface area (TPSA) is 89.4 Å². The lowest BCUT2D eigenvalue weighted by Gasteiger charge is -2.37. The molecule has 0 spiro atoms. The minimum atomic E-state index is -0.602. The van der Waals surface area contributed by atoms with Crippen molar-refractivity contribution in [2.45, 2.75) is 44.6 Å². The van der Waals surface area contributed by atoms with Crippen molar-refractivity contribution in [3.63, 3.8) is 0 Å². The van der Waals surface area contributed by atoms with Crippen LogP contribution >= 0.6 is 23.2 Å². The summed E-state index contributed by atoms with van der Waals surface area (Å²) in [6, 6.07) is 12.1. The van der Waals surface area contributed by atoms with Gasteiger partial charge in [0, 0.05) is 35.3 Å². The molecular formula is C36H34Cl2FN5O5. The molecule has 2 bridgehead atoms. The third-order valence-electron chi connectivity index (χ3n) is 10.0. The number of aromatic nitrogens is 2. The molecule has 254 valence electrons. The third-order valence-corrected chi connectivity index (χ3v) is 10.6. The number of para-hydroxylation sites is 1. The van der Waals surface area contributed by atoms with Crippen molar-refractivity contribution in [3.05, 3.63) is 86.9 Å². The van der Waals surface area contributed by atoms with E-state index in [9.17, 15) is 9.59 Å². The van der Waals surface area contributed by atoms with E-state index in [4.69, 9.17) is 37.4 Å². The lowest BCUT2D eigenvalue weighted by atomic mass is 9.96. The third kappa shape index (κ3) is 5.53. The summed E-state index contributed by atoms with van der Waals surface area (Å²) in [6.07, 6.45) is 3.66. The Morgan fingerprint density at radius 2 is 1.73 bits per heavy atom. The number of benzene rings is 3. The number of ether oxygens (including phenoxy) is 3. The van der Waals surface area contributed by atoms with E-state index in [1.807, 2.05) is 16.9 Å². The monoisotopic (exact) mass is 705 g/mol. The predicted molar refractivity (Wildman–Crippen MR) is 183 cm³/mol. The standard InChI is InChI=1S/C36H34Cl2FN5O5/c1-41-8-9-43-32(16-41)27(14-40-43)21-10-28(37)33(29(38)11-21)35(45)42-15-20-4-3-5-24(34(20)49-19-42)25-13-31(26(12-30(25)39)36(46)47-2)44-22-6-7-23(44)18-48-17-22/h3-5,10-14,22-23H,6-9,15-19H2,1-2H3. The van der Waals surface area contributed by atoms with E-state index >= 15 is 4.39 Å². The lowest BCUT2D eigenvalue weighted by Crippen LogP contribution is -2.46. The fourth-order valence-electron chi connectivity index (χ4n) is 7.60. The van der Waals surface area contributed by atoms with Crippen molar-refractivity contribution in [1.29, 1.82) is 0 Å². The summed E-state index contributed by atoms with van der Waals surface area (Å²) in [5.41, 5.74) is 5.26. The fourth-order valence-corrected chi connectivity index (χ4v) is 8.24. The maximum Gasteiger partial charge on any atom is 0.340 e. The van der Waals surface area contributed by atoms with Crippen molar-refractivity contribution in [1.82, 2.24) is 19.6 Å². The highest BCUT2D eigenvalue weighted by Gasteiger charge is 2.40. The van der Waals surface area contributed by atoms with E-state index in [1.165, 1.54) is 18.1 Å². The number of halogens is 3. The van der Waals surface area contributed by atoms with Crippen molar-refractivity contribution < 1.29 is 28.2 Å². The molecule has 49 heavy (non-hydrogen) atoms. The summed E-state index contributed by atoms with van der Waals surface area (Å²) in [5, 5.41) is 4.99. The average Bonchev–Trinajstić information content (AvgIpc) is 3.62. The summed E-state index contributed by atoms with van der Waals surface area (Å²) in [4.78, 5) is 32.6. The first-order valence-corrected chi connectivity index (χ1v) is 17.0. The van der Waals surface area contributed by atoms with Gasteiger partial charge in [-0.15, -0.1) is 0 Å². The summed E-state index contributed by atoms with van der Waals surface area (Å²) in [5.74, 6) is -1.09. The number of hydrogen-bond donors (Lipinski definition) is 0. The number of anilines is 1. The largest absolute Gasteiger partial charge is 0.472 e. The maximum atomic E-state index is 15.9. The van der Waals surface area contributed by atoms with Gasteiger partial charge in [0.25, 0.3) is 5.91 Å². The van der Waals surface area contributed by atoms with E-state index in [0.717, 1.165) is 49.3 Å². The molecule has 2 atom stereocenters. The first-order valence-electron chi connectivity index (χ1n) is 16.3. The molecule has 10 nitrogen and oxygen atoms in total. The van der Waals surface area contributed by atoms with Gasteiger partial charge in [-0.2, -0.15) is 5.10 Å². The Kier molecular flexibility index (Phi) is 8.26. The van der Waals surface area contributed by atoms with E-state index in [2.05, 4.69) is 21.9 Å². The van der Waals surface area contributed by atoms with Crippen LogP contribution in [0.4, 0.5) is 10.1 Å². The van der Waals surface area contributed by atoms with Gasteiger partial charge in [-0.25, -0.2) is 9.18 Å². The van der Waals surface area contributed by atoms with Crippen LogP contribution in [0.1, 0.15) is 44.8 Å². The van der Waals surface area contributed by atoms with Gasteiger partial charge in [0.2, 0.25) is 0 Å². The zero-order chi connectivity index (χ0) is 34.0. The quantitative estimate of drug-likeness (QED) is 0.225. The molecule has 4 aromatic rings. The number of carbonyl (C=O) groups excluding carboxylic acids is 2. The normalized spacial score (nSPS) is 20.1. The van der Waals surface area contributed by atoms with Gasteiger partial charge in [-0.05, 0) is 49.7 Å². The van der Waals surface area contributed by atoms with Crippen LogP contribution in [0, 0.1) is 5.82 Å². The molecule has 0 N–H and O–H groups in total. The second kappa shape index (κ2) is 12.6. The first-order chi connectivity index (χ1) is 23.7. The number of methoxy groups -OCH3 is 1. The number of morpholine rings is 1. The van der Waals surface area contributed by atoms with Crippen LogP contribution in [0.5, 0.6) is 5.75 Å². The second-order valence-corrected chi connectivity index (χ2v) is 13.8. The van der Waals surface area contributed by atoms with Crippen LogP contribution in [-0.4, -0.2) is 84.2 Å². The molecule has 2 unspecified atom stereocenters. The molecule has 3 aromatic carbocycles. The van der Waals surface area contributed by atoms with Crippen LogP contribution in [0.3, 0.4) is 0 Å². The zero-order valence-electron chi connectivity index (χ0n) is 27.0. The zero-order valence-corrected chi connectivity index (χ0v) is 28.6. The highest BCUT2D eigenvalue weighted by Crippen LogP contribution is 2.44. The number of fused-ring (bicyclic) bond motifs is 4. The van der Waals surface area contributed by atoms with Crippen LogP contribution in [-0.2, 0) is 29.1 Å². The highest BCUT2D eigenvalue weighted by atomic mass is 35.5. The van der Waals surface area contributed by atoms with Crippen molar-refractivity contribution in [3.8, 4) is 28.0 Å². The van der Waals surface area contributed by atoms with Gasteiger partial charge >= 0.3 is 5.97 Å². The molecule has 8 rings (SSSR count). The van der Waals surface area contributed by atoms with Crippen LogP contribution in [0.2, 0.25) is 10.0 Å². The van der Waals surface area contributed by atoms with Crippen molar-refractivity contribution in [2.24, 2.45) is 0 Å². The molecule has 2 fully saturated rings. The number of nitrogens with zero attached hydrogens (tertiary/aromatic N) is 5. The van der Waals surface area contributed by atoms with Gasteiger partial charge in [-0.3, -0.25) is 14.4 Å². The first kappa shape index (κ1) is 32.1. The molecule has 0 radical (unpaired) electrons. The minimum Gasteiger partial charge on any atom is -0.472 e. The fraction of sp³-hybridized carbons (Fsp3) is 0.361. The lowest BCUT2D eigenvalue weighted by molar-refractivity contribution is 0.0515. The Bertz CT molecular complexity index is 1960. The van der Waals surface area contributed by atoms with E-state index in [1.54, 1.807) is 30.3 Å². The smallest absolute Gasteiger partial charge is 0.340 e. The molecule has 5 heterocycles.